The van der Waals surface area contributed by atoms with Gasteiger partial charge in [0.05, 0.1) is 5.92 Å². The molecule has 0 bridgehead atoms. The lowest BCUT2D eigenvalue weighted by molar-refractivity contribution is -0.140. The zero-order valence-corrected chi connectivity index (χ0v) is 8.15. The zero-order valence-electron chi connectivity index (χ0n) is 8.15. The lowest BCUT2D eigenvalue weighted by Crippen LogP contribution is -2.52. The molecule has 0 aromatic rings. The minimum absolute atomic E-state index is 0.240. The van der Waals surface area contributed by atoms with Crippen LogP contribution in [-0.2, 0) is 4.79 Å². The molecule has 1 aliphatic heterocycles. The summed E-state index contributed by atoms with van der Waals surface area (Å²) in [6.45, 7) is 2.41. The molecular formula is C11H15NO2. The summed E-state index contributed by atoms with van der Waals surface area (Å²) in [4.78, 5) is 13.2. The summed E-state index contributed by atoms with van der Waals surface area (Å²) in [6.07, 6.45) is 7.49. The fourth-order valence-electron chi connectivity index (χ4n) is 2.68. The van der Waals surface area contributed by atoms with Gasteiger partial charge in [-0.2, -0.15) is 0 Å². The van der Waals surface area contributed by atoms with Crippen molar-refractivity contribution in [3.05, 3.63) is 12.2 Å². The minimum atomic E-state index is -0.676. The largest absolute Gasteiger partial charge is 0.481 e. The van der Waals surface area contributed by atoms with E-state index in [1.807, 2.05) is 6.08 Å². The molecule has 1 spiro atoms. The number of aliphatic carboxylic acids is 1. The normalized spacial score (nSPS) is 38.6. The van der Waals surface area contributed by atoms with Crippen LogP contribution in [0.3, 0.4) is 0 Å². The van der Waals surface area contributed by atoms with Gasteiger partial charge in [0, 0.05) is 19.1 Å². The number of carboxylic acid groups (broad SMARTS) is 1. The number of hydrogen-bond donors (Lipinski definition) is 1. The van der Waals surface area contributed by atoms with Crippen molar-refractivity contribution in [2.45, 2.75) is 25.3 Å². The average molecular weight is 193 g/mol. The van der Waals surface area contributed by atoms with Crippen molar-refractivity contribution in [2.75, 3.05) is 13.1 Å². The summed E-state index contributed by atoms with van der Waals surface area (Å²) in [6, 6.07) is 0.405. The molecule has 2 unspecified atom stereocenters. The third-order valence-corrected chi connectivity index (χ3v) is 3.88. The van der Waals surface area contributed by atoms with Gasteiger partial charge in [-0.15, -0.1) is 0 Å². The van der Waals surface area contributed by atoms with Crippen LogP contribution in [0.25, 0.3) is 0 Å². The molecular weight excluding hydrogens is 178 g/mol. The Labute approximate surface area is 83.4 Å². The van der Waals surface area contributed by atoms with Crippen molar-refractivity contribution in [3.8, 4) is 0 Å². The molecule has 76 valence electrons. The SMILES string of the molecule is O=C(O)C1C=CC(N2CC3(CC3)C2)C1. The Bertz CT molecular complexity index is 298. The molecule has 0 radical (unpaired) electrons. The number of rotatable bonds is 2. The lowest BCUT2D eigenvalue weighted by atomic mass is 9.93. The van der Waals surface area contributed by atoms with E-state index in [9.17, 15) is 4.79 Å². The van der Waals surface area contributed by atoms with Crippen LogP contribution in [-0.4, -0.2) is 35.1 Å². The van der Waals surface area contributed by atoms with E-state index in [1.165, 1.54) is 25.9 Å². The molecule has 1 saturated heterocycles. The molecule has 0 amide bonds. The van der Waals surface area contributed by atoms with Crippen LogP contribution in [0.1, 0.15) is 19.3 Å². The Balaban J connectivity index is 1.57. The van der Waals surface area contributed by atoms with Crippen LogP contribution in [0.2, 0.25) is 0 Å². The summed E-state index contributed by atoms with van der Waals surface area (Å²) < 4.78 is 0. The van der Waals surface area contributed by atoms with Gasteiger partial charge in [0.25, 0.3) is 0 Å². The predicted molar refractivity (Wildman–Crippen MR) is 51.9 cm³/mol. The van der Waals surface area contributed by atoms with Crippen LogP contribution in [0.4, 0.5) is 0 Å². The van der Waals surface area contributed by atoms with E-state index in [-0.39, 0.29) is 5.92 Å². The van der Waals surface area contributed by atoms with Crippen LogP contribution < -0.4 is 0 Å². The van der Waals surface area contributed by atoms with E-state index in [2.05, 4.69) is 11.0 Å². The molecule has 14 heavy (non-hydrogen) atoms. The molecule has 3 nitrogen and oxygen atoms in total. The molecule has 3 rings (SSSR count). The molecule has 1 saturated carbocycles. The Morgan fingerprint density at radius 2 is 2.07 bits per heavy atom. The summed E-state index contributed by atoms with van der Waals surface area (Å²) in [5, 5.41) is 8.85. The monoisotopic (exact) mass is 193 g/mol. The van der Waals surface area contributed by atoms with Gasteiger partial charge >= 0.3 is 5.97 Å². The maximum atomic E-state index is 10.7. The smallest absolute Gasteiger partial charge is 0.310 e. The summed E-state index contributed by atoms with van der Waals surface area (Å²) >= 11 is 0. The first-order chi connectivity index (χ1) is 6.69. The van der Waals surface area contributed by atoms with Crippen LogP contribution in [0, 0.1) is 11.3 Å². The van der Waals surface area contributed by atoms with Crippen molar-refractivity contribution in [1.29, 1.82) is 0 Å². The Morgan fingerprint density at radius 3 is 2.57 bits per heavy atom. The van der Waals surface area contributed by atoms with Gasteiger partial charge in [-0.05, 0) is 24.7 Å². The van der Waals surface area contributed by atoms with Gasteiger partial charge in [-0.25, -0.2) is 0 Å². The lowest BCUT2D eigenvalue weighted by Gasteiger charge is -2.43. The van der Waals surface area contributed by atoms with Gasteiger partial charge in [-0.3, -0.25) is 9.69 Å². The first kappa shape index (κ1) is 8.48. The maximum absolute atomic E-state index is 10.7. The minimum Gasteiger partial charge on any atom is -0.481 e. The number of carbonyl (C=O) groups is 1. The first-order valence-corrected chi connectivity index (χ1v) is 5.34. The molecule has 1 N–H and O–H groups in total. The van der Waals surface area contributed by atoms with Crippen molar-refractivity contribution in [3.63, 3.8) is 0 Å². The van der Waals surface area contributed by atoms with Crippen molar-refractivity contribution in [1.82, 2.24) is 4.90 Å². The molecule has 3 aliphatic rings. The van der Waals surface area contributed by atoms with Crippen LogP contribution in [0.15, 0.2) is 12.2 Å². The number of carboxylic acids is 1. The molecule has 2 aliphatic carbocycles. The van der Waals surface area contributed by atoms with Gasteiger partial charge in [0.1, 0.15) is 0 Å². The highest BCUT2D eigenvalue weighted by Gasteiger charge is 2.53. The van der Waals surface area contributed by atoms with Crippen molar-refractivity contribution >= 4 is 5.97 Å². The van der Waals surface area contributed by atoms with E-state index in [1.54, 1.807) is 0 Å². The highest BCUT2D eigenvalue weighted by atomic mass is 16.4. The second-order valence-electron chi connectivity index (χ2n) is 5.04. The van der Waals surface area contributed by atoms with Gasteiger partial charge < -0.3 is 5.11 Å². The van der Waals surface area contributed by atoms with Crippen LogP contribution >= 0.6 is 0 Å². The number of likely N-dealkylation sites (tertiary alicyclic amines) is 1. The Kier molecular flexibility index (Phi) is 1.57. The van der Waals surface area contributed by atoms with Gasteiger partial charge in [0.15, 0.2) is 0 Å². The van der Waals surface area contributed by atoms with Gasteiger partial charge in [0.2, 0.25) is 0 Å². The number of hydrogen-bond acceptors (Lipinski definition) is 2. The molecule has 1 heterocycles. The quantitative estimate of drug-likeness (QED) is 0.668. The van der Waals surface area contributed by atoms with Crippen molar-refractivity contribution in [2.24, 2.45) is 11.3 Å². The second-order valence-corrected chi connectivity index (χ2v) is 5.04. The van der Waals surface area contributed by atoms with E-state index in [4.69, 9.17) is 5.11 Å². The molecule has 2 fully saturated rings. The summed E-state index contributed by atoms with van der Waals surface area (Å²) in [7, 11) is 0. The topological polar surface area (TPSA) is 40.5 Å². The third-order valence-electron chi connectivity index (χ3n) is 3.88. The molecule has 0 aromatic heterocycles. The van der Waals surface area contributed by atoms with E-state index in [0.717, 1.165) is 6.42 Å². The van der Waals surface area contributed by atoms with E-state index >= 15 is 0 Å². The molecule has 0 aromatic carbocycles. The van der Waals surface area contributed by atoms with Gasteiger partial charge in [-0.1, -0.05) is 12.2 Å². The van der Waals surface area contributed by atoms with Crippen molar-refractivity contribution < 1.29 is 9.90 Å². The standard InChI is InChI=1S/C11H15NO2/c13-10(14)8-1-2-9(5-8)12-6-11(7-12)3-4-11/h1-2,8-9H,3-7H2,(H,13,14). The molecule has 3 heteroatoms. The molecule has 2 atom stereocenters. The second kappa shape index (κ2) is 2.60. The highest BCUT2D eigenvalue weighted by molar-refractivity contribution is 5.73. The average Bonchev–Trinajstić information content (AvgIpc) is 2.73. The Morgan fingerprint density at radius 1 is 1.36 bits per heavy atom. The Hall–Kier alpha value is -0.830. The zero-order chi connectivity index (χ0) is 9.76. The van der Waals surface area contributed by atoms with E-state index in [0.29, 0.717) is 11.5 Å². The number of nitrogens with zero attached hydrogens (tertiary/aromatic N) is 1. The highest BCUT2D eigenvalue weighted by Crippen LogP contribution is 2.54. The van der Waals surface area contributed by atoms with E-state index < -0.39 is 5.97 Å². The maximum Gasteiger partial charge on any atom is 0.310 e. The first-order valence-electron chi connectivity index (χ1n) is 5.34. The summed E-state index contributed by atoms with van der Waals surface area (Å²) in [5.41, 5.74) is 0.676. The third kappa shape index (κ3) is 1.19. The fourth-order valence-corrected chi connectivity index (χ4v) is 2.68. The summed E-state index contributed by atoms with van der Waals surface area (Å²) in [5.74, 6) is -0.916. The van der Waals surface area contributed by atoms with Crippen LogP contribution in [0.5, 0.6) is 0 Å². The predicted octanol–water partition coefficient (Wildman–Crippen LogP) is 1.11. The fraction of sp³-hybridized carbons (Fsp3) is 0.727.